The molecule has 10 nitrogen and oxygen atoms in total. The van der Waals surface area contributed by atoms with Gasteiger partial charge in [-0.2, -0.15) is 13.2 Å². The number of carboxylic acid groups (broad SMARTS) is 1. The van der Waals surface area contributed by atoms with E-state index in [1.54, 1.807) is 9.80 Å². The highest BCUT2D eigenvalue weighted by molar-refractivity contribution is 5.91. The van der Waals surface area contributed by atoms with Crippen LogP contribution in [0.4, 0.5) is 28.4 Å². The second-order valence-electron chi connectivity index (χ2n) is 14.3. The van der Waals surface area contributed by atoms with Crippen LogP contribution in [0.1, 0.15) is 62.1 Å². The molecular formula is C36H45F3N5O5-. The average molecular weight is 685 g/mol. The standard InChI is InChI=1S/C36H46F3N5O5/c1-35(49)13-19-41(20-14-35)27-10-15-42(16-11-27)32(45)29(22-24-5-4-7-26(21-24)36(37,38)39)31-23-28(12-18-44(31)34(47)48)43-17-9-25-6-2-3-8-30(25)40-33(43)46/h2-8,21,27-29,31,49H,9-20,22-23H2,1H3,(H,40,46)(H,47,48)/p-1/t28?,29?,31-/m1/s1. The Bertz CT molecular complexity index is 1520. The Morgan fingerprint density at radius 1 is 0.980 bits per heavy atom. The number of hydrogen-bond donors (Lipinski definition) is 2. The Morgan fingerprint density at radius 2 is 1.67 bits per heavy atom. The molecule has 13 heteroatoms. The number of nitrogens with zero attached hydrogens (tertiary/aromatic N) is 4. The summed E-state index contributed by atoms with van der Waals surface area (Å²) in [5.41, 5.74) is 0.473. The monoisotopic (exact) mass is 684 g/mol. The lowest BCUT2D eigenvalue weighted by Crippen LogP contribution is -2.61. The zero-order valence-corrected chi connectivity index (χ0v) is 27.8. The lowest BCUT2D eigenvalue weighted by molar-refractivity contribution is -0.270. The van der Waals surface area contributed by atoms with Crippen LogP contribution < -0.4 is 10.4 Å². The minimum atomic E-state index is -4.58. The van der Waals surface area contributed by atoms with E-state index in [4.69, 9.17) is 0 Å². The first-order chi connectivity index (χ1) is 23.3. The van der Waals surface area contributed by atoms with E-state index in [1.165, 1.54) is 12.1 Å². The van der Waals surface area contributed by atoms with Gasteiger partial charge in [-0.15, -0.1) is 0 Å². The summed E-state index contributed by atoms with van der Waals surface area (Å²) in [6.45, 7) is 4.68. The molecule has 4 aliphatic rings. The van der Waals surface area contributed by atoms with Gasteiger partial charge in [0.25, 0.3) is 0 Å². The molecule has 49 heavy (non-hydrogen) atoms. The average Bonchev–Trinajstić information content (AvgIpc) is 3.24. The lowest BCUT2D eigenvalue weighted by Gasteiger charge is -2.48. The molecule has 2 unspecified atom stereocenters. The molecule has 0 spiro atoms. The number of halogens is 3. The van der Waals surface area contributed by atoms with E-state index >= 15 is 0 Å². The highest BCUT2D eigenvalue weighted by Gasteiger charge is 2.43. The fourth-order valence-electron chi connectivity index (χ4n) is 8.18. The third-order valence-electron chi connectivity index (χ3n) is 11.1. The molecule has 3 saturated heterocycles. The van der Waals surface area contributed by atoms with Crippen molar-refractivity contribution in [3.63, 3.8) is 0 Å². The van der Waals surface area contributed by atoms with Gasteiger partial charge in [-0.25, -0.2) is 4.79 Å². The smallest absolute Gasteiger partial charge is 0.416 e. The van der Waals surface area contributed by atoms with Crippen LogP contribution >= 0.6 is 0 Å². The maximum Gasteiger partial charge on any atom is 0.416 e. The van der Waals surface area contributed by atoms with E-state index in [1.807, 2.05) is 31.2 Å². The van der Waals surface area contributed by atoms with Gasteiger partial charge in [-0.1, -0.05) is 36.4 Å². The number of hydrogen-bond acceptors (Lipinski definition) is 6. The number of fused-ring (bicyclic) bond motifs is 1. The molecule has 2 aromatic rings. The molecule has 3 fully saturated rings. The summed E-state index contributed by atoms with van der Waals surface area (Å²) >= 11 is 0. The number of aliphatic hydroxyl groups is 1. The summed E-state index contributed by atoms with van der Waals surface area (Å²) in [5, 5.41) is 25.9. The molecule has 4 aliphatic heterocycles. The van der Waals surface area contributed by atoms with E-state index in [2.05, 4.69) is 10.2 Å². The molecule has 4 amide bonds. The number of alkyl halides is 3. The predicted molar refractivity (Wildman–Crippen MR) is 174 cm³/mol. The molecule has 3 atom stereocenters. The molecular weight excluding hydrogens is 639 g/mol. The van der Waals surface area contributed by atoms with Crippen LogP contribution in [0.5, 0.6) is 0 Å². The first kappa shape index (κ1) is 35.0. The summed E-state index contributed by atoms with van der Waals surface area (Å²) in [5.74, 6) is -1.29. The minimum absolute atomic E-state index is 0.0293. The van der Waals surface area contributed by atoms with Crippen molar-refractivity contribution in [2.75, 3.05) is 44.6 Å². The Hall–Kier alpha value is -3.84. The first-order valence-corrected chi connectivity index (χ1v) is 17.3. The predicted octanol–water partition coefficient (Wildman–Crippen LogP) is 3.97. The summed E-state index contributed by atoms with van der Waals surface area (Å²) in [4.78, 5) is 47.4. The number of likely N-dealkylation sites (tertiary alicyclic amines) is 3. The van der Waals surface area contributed by atoms with Crippen molar-refractivity contribution < 1.29 is 37.8 Å². The second kappa shape index (κ2) is 14.2. The van der Waals surface area contributed by atoms with Crippen molar-refractivity contribution in [3.8, 4) is 0 Å². The van der Waals surface area contributed by atoms with E-state index in [0.717, 1.165) is 41.4 Å². The number of anilines is 1. The van der Waals surface area contributed by atoms with Gasteiger partial charge in [0.15, 0.2) is 0 Å². The van der Waals surface area contributed by atoms with E-state index < -0.39 is 41.4 Å². The summed E-state index contributed by atoms with van der Waals surface area (Å²) in [7, 11) is 0. The molecule has 2 aromatic carbocycles. The summed E-state index contributed by atoms with van der Waals surface area (Å²) in [6.07, 6.45) is -2.28. The molecule has 6 rings (SSSR count). The van der Waals surface area contributed by atoms with Crippen LogP contribution in [-0.4, -0.2) is 106 Å². The van der Waals surface area contributed by atoms with Gasteiger partial charge < -0.3 is 39.9 Å². The Kier molecular flexibility index (Phi) is 10.1. The van der Waals surface area contributed by atoms with E-state index in [0.29, 0.717) is 58.2 Å². The first-order valence-electron chi connectivity index (χ1n) is 17.3. The number of urea groups is 1. The Morgan fingerprint density at radius 3 is 2.37 bits per heavy atom. The van der Waals surface area contributed by atoms with Gasteiger partial charge in [-0.05, 0) is 81.5 Å². The molecule has 266 valence electrons. The fourth-order valence-corrected chi connectivity index (χ4v) is 8.18. The van der Waals surface area contributed by atoms with Crippen LogP contribution in [0.15, 0.2) is 48.5 Å². The largest absolute Gasteiger partial charge is 0.530 e. The van der Waals surface area contributed by atoms with Crippen molar-refractivity contribution in [1.82, 2.24) is 19.6 Å². The highest BCUT2D eigenvalue weighted by atomic mass is 19.4. The number of benzene rings is 2. The fraction of sp³-hybridized carbons (Fsp3) is 0.583. The van der Waals surface area contributed by atoms with Crippen LogP contribution in [-0.2, 0) is 23.8 Å². The molecule has 0 bridgehead atoms. The number of para-hydroxylation sites is 1. The van der Waals surface area contributed by atoms with Crippen LogP contribution in [0, 0.1) is 5.92 Å². The van der Waals surface area contributed by atoms with Crippen molar-refractivity contribution in [3.05, 3.63) is 65.2 Å². The molecule has 0 aromatic heterocycles. The van der Waals surface area contributed by atoms with Gasteiger partial charge in [0.05, 0.1) is 17.1 Å². The quantitative estimate of drug-likeness (QED) is 0.476. The Labute approximate surface area is 284 Å². The number of carbonyl (C=O) groups is 3. The third-order valence-corrected chi connectivity index (χ3v) is 11.1. The highest BCUT2D eigenvalue weighted by Crippen LogP contribution is 2.35. The van der Waals surface area contributed by atoms with Crippen molar-refractivity contribution in [1.29, 1.82) is 0 Å². The van der Waals surface area contributed by atoms with Crippen molar-refractivity contribution in [2.45, 2.75) is 88.2 Å². The minimum Gasteiger partial charge on any atom is -0.530 e. The molecule has 0 radical (unpaired) electrons. The van der Waals surface area contributed by atoms with Gasteiger partial charge in [0.1, 0.15) is 6.09 Å². The number of rotatable bonds is 6. The number of piperidine rings is 3. The normalized spacial score (nSPS) is 24.5. The summed E-state index contributed by atoms with van der Waals surface area (Å²) < 4.78 is 41.1. The van der Waals surface area contributed by atoms with Gasteiger partial charge in [-0.3, -0.25) is 4.79 Å². The van der Waals surface area contributed by atoms with E-state index in [9.17, 15) is 37.8 Å². The topological polar surface area (TPSA) is 119 Å². The van der Waals surface area contributed by atoms with Crippen LogP contribution in [0.25, 0.3) is 0 Å². The lowest BCUT2D eigenvalue weighted by atomic mass is 9.82. The molecule has 0 saturated carbocycles. The zero-order valence-electron chi connectivity index (χ0n) is 27.8. The number of nitrogens with one attached hydrogen (secondary N) is 1. The second-order valence-corrected chi connectivity index (χ2v) is 14.3. The zero-order chi connectivity index (χ0) is 34.9. The number of amides is 4. The molecule has 0 aliphatic carbocycles. The molecule has 2 N–H and O–H groups in total. The van der Waals surface area contributed by atoms with Gasteiger partial charge in [0, 0.05) is 63.1 Å². The van der Waals surface area contributed by atoms with Gasteiger partial charge >= 0.3 is 12.2 Å². The SMILES string of the molecule is CC1(O)CCN(C2CCN(C(=O)C(Cc3cccc(C(F)(F)F)c3)[C@H]3CC(N4CCc5ccccc5NC4=O)CCN3C(=O)[O-])CC2)CC1. The molecule has 4 heterocycles. The van der Waals surface area contributed by atoms with Crippen LogP contribution in [0.2, 0.25) is 0 Å². The van der Waals surface area contributed by atoms with Gasteiger partial charge in [0.2, 0.25) is 5.91 Å². The summed E-state index contributed by atoms with van der Waals surface area (Å²) in [6, 6.07) is 11.0. The Balaban J connectivity index is 1.25. The maximum atomic E-state index is 14.5. The maximum absolute atomic E-state index is 14.5. The third kappa shape index (κ3) is 7.98. The van der Waals surface area contributed by atoms with E-state index in [-0.39, 0.29) is 42.9 Å². The van der Waals surface area contributed by atoms with Crippen molar-refractivity contribution in [2.24, 2.45) is 5.92 Å². The van der Waals surface area contributed by atoms with Crippen molar-refractivity contribution >= 4 is 23.7 Å². The number of carbonyl (C=O) groups excluding carboxylic acids is 3. The van der Waals surface area contributed by atoms with Crippen LogP contribution in [0.3, 0.4) is 0 Å².